The maximum absolute atomic E-state index is 11.9. The number of halogens is 2. The molecule has 0 aliphatic carbocycles. The van der Waals surface area contributed by atoms with Crippen molar-refractivity contribution >= 4 is 50.6 Å². The molecule has 8 heteroatoms. The number of hydrogen-bond acceptors (Lipinski definition) is 5. The summed E-state index contributed by atoms with van der Waals surface area (Å²) in [5, 5.41) is 5.05. The number of pyridine rings is 1. The third-order valence-corrected chi connectivity index (χ3v) is 4.27. The number of hydrazine groups is 1. The van der Waals surface area contributed by atoms with Gasteiger partial charge in [0.25, 0.3) is 5.91 Å². The Morgan fingerprint density at radius 1 is 1.53 bits per heavy atom. The van der Waals surface area contributed by atoms with Gasteiger partial charge in [-0.1, -0.05) is 11.6 Å². The number of hydrogen-bond donors (Lipinski definition) is 3. The summed E-state index contributed by atoms with van der Waals surface area (Å²) in [6, 6.07) is 3.47. The van der Waals surface area contributed by atoms with Gasteiger partial charge >= 0.3 is 0 Å². The Hall–Kier alpha value is -1.15. The minimum Gasteiger partial charge on any atom is -0.347 e. The first-order chi connectivity index (χ1) is 9.10. The molecule has 5 nitrogen and oxygen atoms in total. The van der Waals surface area contributed by atoms with Crippen LogP contribution in [0.15, 0.2) is 28.2 Å². The van der Waals surface area contributed by atoms with E-state index in [1.807, 2.05) is 11.4 Å². The van der Waals surface area contributed by atoms with Gasteiger partial charge in [0, 0.05) is 20.9 Å². The van der Waals surface area contributed by atoms with Crippen molar-refractivity contribution in [2.75, 3.05) is 5.43 Å². The van der Waals surface area contributed by atoms with Crippen LogP contribution in [0, 0.1) is 0 Å². The molecule has 2 aromatic rings. The maximum atomic E-state index is 11.9. The third-order valence-electron chi connectivity index (χ3n) is 2.29. The number of anilines is 1. The average Bonchev–Trinajstić information content (AvgIpc) is 2.81. The number of nitrogens with zero attached hydrogens (tertiary/aromatic N) is 1. The SMILES string of the molecule is NNc1ncc(C(=O)NCc2cc(Br)cs2)cc1Cl. The zero-order valence-corrected chi connectivity index (χ0v) is 12.8. The highest BCUT2D eigenvalue weighted by Crippen LogP contribution is 2.20. The number of rotatable bonds is 4. The lowest BCUT2D eigenvalue weighted by Gasteiger charge is -2.06. The van der Waals surface area contributed by atoms with Crippen LogP contribution in [0.4, 0.5) is 5.82 Å². The van der Waals surface area contributed by atoms with Gasteiger partial charge in [-0.2, -0.15) is 0 Å². The van der Waals surface area contributed by atoms with E-state index in [0.717, 1.165) is 9.35 Å². The lowest BCUT2D eigenvalue weighted by Crippen LogP contribution is -2.22. The van der Waals surface area contributed by atoms with Crippen LogP contribution < -0.4 is 16.6 Å². The fourth-order valence-corrected chi connectivity index (χ4v) is 3.00. The lowest BCUT2D eigenvalue weighted by molar-refractivity contribution is 0.0951. The van der Waals surface area contributed by atoms with Gasteiger partial charge in [0.15, 0.2) is 5.82 Å². The molecule has 0 radical (unpaired) electrons. The molecule has 0 unspecified atom stereocenters. The maximum Gasteiger partial charge on any atom is 0.253 e. The van der Waals surface area contributed by atoms with Gasteiger partial charge < -0.3 is 10.7 Å². The van der Waals surface area contributed by atoms with E-state index in [9.17, 15) is 4.79 Å². The Balaban J connectivity index is 2.01. The number of carbonyl (C=O) groups is 1. The highest BCUT2D eigenvalue weighted by atomic mass is 79.9. The molecule has 0 fully saturated rings. The van der Waals surface area contributed by atoms with Crippen molar-refractivity contribution in [2.24, 2.45) is 5.84 Å². The molecule has 2 rings (SSSR count). The molecule has 4 N–H and O–H groups in total. The molecule has 19 heavy (non-hydrogen) atoms. The van der Waals surface area contributed by atoms with Crippen LogP contribution in [0.2, 0.25) is 5.02 Å². The number of nitrogens with one attached hydrogen (secondary N) is 2. The second kappa shape index (κ2) is 6.33. The van der Waals surface area contributed by atoms with Crippen LogP contribution in [0.25, 0.3) is 0 Å². The smallest absolute Gasteiger partial charge is 0.253 e. The first kappa shape index (κ1) is 14.3. The highest BCUT2D eigenvalue weighted by molar-refractivity contribution is 9.10. The minimum atomic E-state index is -0.234. The summed E-state index contributed by atoms with van der Waals surface area (Å²) < 4.78 is 1.00. The molecule has 0 aliphatic heterocycles. The van der Waals surface area contributed by atoms with Gasteiger partial charge in [-0.05, 0) is 28.1 Å². The predicted octanol–water partition coefficient (Wildman–Crippen LogP) is 2.77. The van der Waals surface area contributed by atoms with Crippen molar-refractivity contribution in [3.05, 3.63) is 43.6 Å². The molecule has 100 valence electrons. The number of aromatic nitrogens is 1. The Morgan fingerprint density at radius 2 is 2.32 bits per heavy atom. The molecule has 0 atom stereocenters. The fourth-order valence-electron chi connectivity index (χ4n) is 1.38. The van der Waals surface area contributed by atoms with Crippen molar-refractivity contribution in [1.29, 1.82) is 0 Å². The molecule has 2 heterocycles. The van der Waals surface area contributed by atoms with Crippen LogP contribution in [0.5, 0.6) is 0 Å². The molecule has 0 saturated carbocycles. The van der Waals surface area contributed by atoms with Crippen molar-refractivity contribution in [2.45, 2.75) is 6.54 Å². The van der Waals surface area contributed by atoms with Crippen LogP contribution >= 0.6 is 38.9 Å². The van der Waals surface area contributed by atoms with Gasteiger partial charge in [-0.15, -0.1) is 11.3 Å². The standard InChI is InChI=1S/C11H10BrClN4OS/c12-7-2-8(19-5-7)4-16-11(18)6-1-9(13)10(17-14)15-3-6/h1-3,5H,4,14H2,(H,15,17)(H,16,18). The number of amides is 1. The summed E-state index contributed by atoms with van der Waals surface area (Å²) in [6.07, 6.45) is 1.42. The van der Waals surface area contributed by atoms with Gasteiger partial charge in [-0.25, -0.2) is 10.8 Å². The number of thiophene rings is 1. The Labute approximate surface area is 127 Å². The molecule has 0 saturated heterocycles. The number of nitrogen functional groups attached to an aromatic ring is 1. The van der Waals surface area contributed by atoms with E-state index in [-0.39, 0.29) is 5.91 Å². The van der Waals surface area contributed by atoms with Crippen molar-refractivity contribution < 1.29 is 4.79 Å². The number of carbonyl (C=O) groups excluding carboxylic acids is 1. The third kappa shape index (κ3) is 3.66. The first-order valence-corrected chi connectivity index (χ1v) is 7.28. The van der Waals surface area contributed by atoms with Crippen LogP contribution in [-0.4, -0.2) is 10.9 Å². The Morgan fingerprint density at radius 3 is 2.89 bits per heavy atom. The zero-order chi connectivity index (χ0) is 13.8. The summed E-state index contributed by atoms with van der Waals surface area (Å²) in [4.78, 5) is 16.9. The van der Waals surface area contributed by atoms with E-state index < -0.39 is 0 Å². The topological polar surface area (TPSA) is 80.0 Å². The Kier molecular flexibility index (Phi) is 4.76. The summed E-state index contributed by atoms with van der Waals surface area (Å²) >= 11 is 10.8. The molecule has 0 aromatic carbocycles. The second-order valence-electron chi connectivity index (χ2n) is 3.61. The zero-order valence-electron chi connectivity index (χ0n) is 9.61. The van der Waals surface area contributed by atoms with Crippen LogP contribution in [0.3, 0.4) is 0 Å². The quantitative estimate of drug-likeness (QED) is 0.578. The monoisotopic (exact) mass is 360 g/mol. The van der Waals surface area contributed by atoms with Crippen LogP contribution in [0.1, 0.15) is 15.2 Å². The van der Waals surface area contributed by atoms with E-state index in [1.54, 1.807) is 11.3 Å². The molecular weight excluding hydrogens is 352 g/mol. The highest BCUT2D eigenvalue weighted by Gasteiger charge is 2.09. The summed E-state index contributed by atoms with van der Waals surface area (Å²) in [7, 11) is 0. The van der Waals surface area contributed by atoms with Gasteiger partial charge in [0.1, 0.15) is 0 Å². The Bertz CT molecular complexity index is 604. The number of nitrogens with two attached hydrogens (primary N) is 1. The summed E-state index contributed by atoms with van der Waals surface area (Å²) in [5.74, 6) is 5.31. The largest absolute Gasteiger partial charge is 0.347 e. The van der Waals surface area contributed by atoms with E-state index >= 15 is 0 Å². The second-order valence-corrected chi connectivity index (χ2v) is 5.93. The minimum absolute atomic E-state index is 0.234. The van der Waals surface area contributed by atoms with E-state index in [1.165, 1.54) is 12.3 Å². The first-order valence-electron chi connectivity index (χ1n) is 5.23. The predicted molar refractivity (Wildman–Crippen MR) is 80.2 cm³/mol. The van der Waals surface area contributed by atoms with Gasteiger partial charge in [0.2, 0.25) is 0 Å². The van der Waals surface area contributed by atoms with E-state index in [2.05, 4.69) is 31.7 Å². The van der Waals surface area contributed by atoms with Crippen LogP contribution in [-0.2, 0) is 6.54 Å². The normalized spacial score (nSPS) is 10.3. The summed E-state index contributed by atoms with van der Waals surface area (Å²) in [6.45, 7) is 0.462. The molecule has 2 aromatic heterocycles. The van der Waals surface area contributed by atoms with Gasteiger partial charge in [-0.3, -0.25) is 4.79 Å². The fraction of sp³-hybridized carbons (Fsp3) is 0.0909. The van der Waals surface area contributed by atoms with E-state index in [0.29, 0.717) is 22.9 Å². The average molecular weight is 362 g/mol. The molecule has 0 spiro atoms. The molecule has 0 aliphatic rings. The van der Waals surface area contributed by atoms with Crippen molar-refractivity contribution in [3.8, 4) is 0 Å². The molecular formula is C11H10BrClN4OS. The van der Waals surface area contributed by atoms with E-state index in [4.69, 9.17) is 17.4 Å². The lowest BCUT2D eigenvalue weighted by atomic mass is 10.2. The molecule has 1 amide bonds. The van der Waals surface area contributed by atoms with Crippen molar-refractivity contribution in [1.82, 2.24) is 10.3 Å². The summed E-state index contributed by atoms with van der Waals surface area (Å²) in [5.41, 5.74) is 2.73. The molecule has 0 bridgehead atoms. The van der Waals surface area contributed by atoms with Crippen molar-refractivity contribution in [3.63, 3.8) is 0 Å². The van der Waals surface area contributed by atoms with Gasteiger partial charge in [0.05, 0.1) is 17.1 Å².